The molecule has 14 heavy (non-hydrogen) atoms. The molecule has 1 N–H and O–H groups in total. The first-order chi connectivity index (χ1) is 6.63. The zero-order chi connectivity index (χ0) is 10.6. The topological polar surface area (TPSA) is 55.8 Å². The fraction of sp³-hybridized carbons (Fsp3) is 0.222. The summed E-state index contributed by atoms with van der Waals surface area (Å²) >= 11 is 3.25. The summed E-state index contributed by atoms with van der Waals surface area (Å²) in [5.74, 6) is -0.106. The van der Waals surface area contributed by atoms with E-state index in [0.29, 0.717) is 11.5 Å². The number of carboxylic acid groups (broad SMARTS) is 1. The van der Waals surface area contributed by atoms with Gasteiger partial charge in [0, 0.05) is 4.47 Å². The van der Waals surface area contributed by atoms with Gasteiger partial charge in [-0.15, -0.1) is 0 Å². The maximum Gasteiger partial charge on any atom is 0.341 e. The molecule has 0 spiro atoms. The van der Waals surface area contributed by atoms with Gasteiger partial charge in [0.1, 0.15) is 0 Å². The Morgan fingerprint density at radius 3 is 2.79 bits per heavy atom. The predicted molar refractivity (Wildman–Crippen MR) is 53.8 cm³/mol. The number of aliphatic carboxylic acids is 1. The van der Waals surface area contributed by atoms with E-state index in [4.69, 9.17) is 14.6 Å². The first-order valence-corrected chi connectivity index (χ1v) is 4.61. The molecule has 0 unspecified atom stereocenters. The first-order valence-electron chi connectivity index (χ1n) is 3.81. The minimum atomic E-state index is -1.02. The summed E-state index contributed by atoms with van der Waals surface area (Å²) in [7, 11) is 1.50. The second-order valence-electron chi connectivity index (χ2n) is 2.48. The van der Waals surface area contributed by atoms with Gasteiger partial charge in [0.2, 0.25) is 0 Å². The van der Waals surface area contributed by atoms with Crippen LogP contribution in [0.4, 0.5) is 0 Å². The summed E-state index contributed by atoms with van der Waals surface area (Å²) in [6.07, 6.45) is 0. The monoisotopic (exact) mass is 260 g/mol. The van der Waals surface area contributed by atoms with Gasteiger partial charge in [-0.2, -0.15) is 0 Å². The van der Waals surface area contributed by atoms with Crippen molar-refractivity contribution in [3.8, 4) is 11.5 Å². The molecule has 0 saturated heterocycles. The number of carbonyl (C=O) groups is 1. The SMILES string of the molecule is COc1ccc(Br)cc1OCC(=O)O. The van der Waals surface area contributed by atoms with E-state index >= 15 is 0 Å². The summed E-state index contributed by atoms with van der Waals surface area (Å²) in [6, 6.07) is 5.13. The van der Waals surface area contributed by atoms with Crippen LogP contribution in [0.15, 0.2) is 22.7 Å². The molecule has 1 rings (SSSR count). The van der Waals surface area contributed by atoms with E-state index < -0.39 is 5.97 Å². The van der Waals surface area contributed by atoms with E-state index in [1.807, 2.05) is 0 Å². The van der Waals surface area contributed by atoms with Crippen LogP contribution in [0.3, 0.4) is 0 Å². The largest absolute Gasteiger partial charge is 0.493 e. The van der Waals surface area contributed by atoms with Crippen molar-refractivity contribution in [2.75, 3.05) is 13.7 Å². The van der Waals surface area contributed by atoms with Crippen molar-refractivity contribution in [3.63, 3.8) is 0 Å². The molecule has 76 valence electrons. The van der Waals surface area contributed by atoms with E-state index in [1.165, 1.54) is 7.11 Å². The van der Waals surface area contributed by atoms with Crippen molar-refractivity contribution in [2.24, 2.45) is 0 Å². The normalized spacial score (nSPS) is 9.57. The average molecular weight is 261 g/mol. The van der Waals surface area contributed by atoms with Gasteiger partial charge in [0.05, 0.1) is 7.11 Å². The average Bonchev–Trinajstić information content (AvgIpc) is 2.15. The standard InChI is InChI=1S/C9H9BrO4/c1-13-7-3-2-6(10)4-8(7)14-5-9(11)12/h2-4H,5H2,1H3,(H,11,12). The van der Waals surface area contributed by atoms with Gasteiger partial charge in [0.15, 0.2) is 18.1 Å². The van der Waals surface area contributed by atoms with E-state index in [1.54, 1.807) is 18.2 Å². The molecule has 0 bridgehead atoms. The lowest BCUT2D eigenvalue weighted by molar-refractivity contribution is -0.139. The number of carboxylic acids is 1. The number of hydrogen-bond acceptors (Lipinski definition) is 3. The third-order valence-corrected chi connectivity index (χ3v) is 1.97. The molecule has 0 fully saturated rings. The first kappa shape index (κ1) is 10.8. The van der Waals surface area contributed by atoms with Crippen LogP contribution in [0.1, 0.15) is 0 Å². The Morgan fingerprint density at radius 1 is 1.50 bits per heavy atom. The zero-order valence-electron chi connectivity index (χ0n) is 7.49. The second-order valence-corrected chi connectivity index (χ2v) is 3.39. The Bertz CT molecular complexity index is 338. The number of ether oxygens (including phenoxy) is 2. The lowest BCUT2D eigenvalue weighted by Gasteiger charge is -2.08. The molecule has 1 aromatic rings. The van der Waals surface area contributed by atoms with Gasteiger partial charge >= 0.3 is 5.97 Å². The molecule has 0 aliphatic heterocycles. The molecule has 0 heterocycles. The number of halogens is 1. The minimum Gasteiger partial charge on any atom is -0.493 e. The highest BCUT2D eigenvalue weighted by molar-refractivity contribution is 9.10. The van der Waals surface area contributed by atoms with Crippen LogP contribution in [0.25, 0.3) is 0 Å². The molecule has 0 radical (unpaired) electrons. The summed E-state index contributed by atoms with van der Waals surface area (Å²) in [5.41, 5.74) is 0. The fourth-order valence-corrected chi connectivity index (χ4v) is 1.24. The molecule has 0 saturated carbocycles. The Balaban J connectivity index is 2.82. The Labute approximate surface area is 89.6 Å². The maximum atomic E-state index is 10.3. The second kappa shape index (κ2) is 4.85. The Kier molecular flexibility index (Phi) is 3.76. The third kappa shape index (κ3) is 2.92. The van der Waals surface area contributed by atoms with Crippen molar-refractivity contribution in [1.82, 2.24) is 0 Å². The van der Waals surface area contributed by atoms with Gasteiger partial charge in [0.25, 0.3) is 0 Å². The minimum absolute atomic E-state index is 0.382. The van der Waals surface area contributed by atoms with Crippen molar-refractivity contribution in [1.29, 1.82) is 0 Å². The van der Waals surface area contributed by atoms with Gasteiger partial charge in [-0.25, -0.2) is 4.79 Å². The number of methoxy groups -OCH3 is 1. The lowest BCUT2D eigenvalue weighted by Crippen LogP contribution is -2.09. The molecule has 0 amide bonds. The third-order valence-electron chi connectivity index (χ3n) is 1.48. The number of hydrogen-bond donors (Lipinski definition) is 1. The highest BCUT2D eigenvalue weighted by Gasteiger charge is 2.06. The zero-order valence-corrected chi connectivity index (χ0v) is 9.08. The lowest BCUT2D eigenvalue weighted by atomic mass is 10.3. The quantitative estimate of drug-likeness (QED) is 0.899. The highest BCUT2D eigenvalue weighted by Crippen LogP contribution is 2.29. The number of benzene rings is 1. The summed E-state index contributed by atoms with van der Waals surface area (Å²) in [4.78, 5) is 10.3. The predicted octanol–water partition coefficient (Wildman–Crippen LogP) is 1.92. The van der Waals surface area contributed by atoms with Crippen LogP contribution in [0.2, 0.25) is 0 Å². The van der Waals surface area contributed by atoms with Gasteiger partial charge in [-0.3, -0.25) is 0 Å². The molecular weight excluding hydrogens is 252 g/mol. The van der Waals surface area contributed by atoms with Crippen molar-refractivity contribution in [2.45, 2.75) is 0 Å². The van der Waals surface area contributed by atoms with Crippen LogP contribution in [-0.2, 0) is 4.79 Å². The number of rotatable bonds is 4. The van der Waals surface area contributed by atoms with E-state index in [9.17, 15) is 4.79 Å². The van der Waals surface area contributed by atoms with E-state index in [0.717, 1.165) is 4.47 Å². The van der Waals surface area contributed by atoms with Crippen molar-refractivity contribution in [3.05, 3.63) is 22.7 Å². The summed E-state index contributed by atoms with van der Waals surface area (Å²) < 4.78 is 10.8. The molecule has 0 atom stereocenters. The Hall–Kier alpha value is -1.23. The fourth-order valence-electron chi connectivity index (χ4n) is 0.903. The van der Waals surface area contributed by atoms with Crippen molar-refractivity contribution >= 4 is 21.9 Å². The van der Waals surface area contributed by atoms with Crippen LogP contribution in [0.5, 0.6) is 11.5 Å². The van der Waals surface area contributed by atoms with Crippen LogP contribution >= 0.6 is 15.9 Å². The molecule has 4 nitrogen and oxygen atoms in total. The molecule has 0 aliphatic rings. The molecule has 0 aliphatic carbocycles. The molecule has 0 aromatic heterocycles. The molecular formula is C9H9BrO4. The Morgan fingerprint density at radius 2 is 2.21 bits per heavy atom. The van der Waals surface area contributed by atoms with Gasteiger partial charge in [-0.05, 0) is 18.2 Å². The highest BCUT2D eigenvalue weighted by atomic mass is 79.9. The summed E-state index contributed by atoms with van der Waals surface area (Å²) in [5, 5.41) is 8.43. The van der Waals surface area contributed by atoms with Crippen LogP contribution < -0.4 is 9.47 Å². The van der Waals surface area contributed by atoms with E-state index in [2.05, 4.69) is 15.9 Å². The molecule has 1 aromatic carbocycles. The van der Waals surface area contributed by atoms with E-state index in [-0.39, 0.29) is 6.61 Å². The summed E-state index contributed by atoms with van der Waals surface area (Å²) in [6.45, 7) is -0.382. The van der Waals surface area contributed by atoms with Crippen LogP contribution in [-0.4, -0.2) is 24.8 Å². The maximum absolute atomic E-state index is 10.3. The van der Waals surface area contributed by atoms with Crippen LogP contribution in [0, 0.1) is 0 Å². The van der Waals surface area contributed by atoms with Crippen molar-refractivity contribution < 1.29 is 19.4 Å². The van der Waals surface area contributed by atoms with Gasteiger partial charge < -0.3 is 14.6 Å². The smallest absolute Gasteiger partial charge is 0.341 e. The van der Waals surface area contributed by atoms with Gasteiger partial charge in [-0.1, -0.05) is 15.9 Å². The molecule has 5 heteroatoms.